The van der Waals surface area contributed by atoms with Gasteiger partial charge in [0.25, 0.3) is 0 Å². The molecule has 0 fully saturated rings. The number of carbonyl (C=O) groups is 1. The van der Waals surface area contributed by atoms with Gasteiger partial charge in [-0.15, -0.1) is 11.6 Å². The number of aromatic nitrogens is 1. The zero-order chi connectivity index (χ0) is 9.14. The molecule has 1 unspecified atom stereocenters. The molecule has 1 amide bonds. The number of carbonyl (C=O) groups excluding carboxylic acids is 1. The van der Waals surface area contributed by atoms with Gasteiger partial charge in [0, 0.05) is 6.07 Å². The van der Waals surface area contributed by atoms with Gasteiger partial charge < -0.3 is 9.84 Å². The molecule has 0 aliphatic carbocycles. The Bertz CT molecular complexity index is 283. The van der Waals surface area contributed by atoms with Crippen LogP contribution in [0, 0.1) is 6.92 Å². The average molecular weight is 189 g/mol. The quantitative estimate of drug-likeness (QED) is 0.717. The van der Waals surface area contributed by atoms with E-state index in [0.29, 0.717) is 11.6 Å². The molecule has 4 nitrogen and oxygen atoms in total. The summed E-state index contributed by atoms with van der Waals surface area (Å²) in [7, 11) is 0. The maximum Gasteiger partial charge on any atom is 0.243 e. The zero-order valence-corrected chi connectivity index (χ0v) is 7.55. The number of hydrogen-bond acceptors (Lipinski definition) is 3. The monoisotopic (exact) mass is 188 g/mol. The van der Waals surface area contributed by atoms with E-state index in [-0.39, 0.29) is 5.91 Å². The van der Waals surface area contributed by atoms with Crippen LogP contribution in [0.25, 0.3) is 0 Å². The summed E-state index contributed by atoms with van der Waals surface area (Å²) < 4.78 is 4.74. The second-order valence-corrected chi connectivity index (χ2v) is 3.08. The molecule has 1 atom stereocenters. The molecule has 66 valence electrons. The molecule has 0 bridgehead atoms. The predicted molar refractivity (Wildman–Crippen MR) is 45.2 cm³/mol. The van der Waals surface area contributed by atoms with E-state index in [1.807, 2.05) is 0 Å². The molecule has 0 aromatic carbocycles. The Kier molecular flexibility index (Phi) is 2.70. The van der Waals surface area contributed by atoms with E-state index in [4.69, 9.17) is 16.1 Å². The lowest BCUT2D eigenvalue weighted by Gasteiger charge is -2.00. The van der Waals surface area contributed by atoms with E-state index in [2.05, 4.69) is 10.5 Å². The van der Waals surface area contributed by atoms with Crippen molar-refractivity contribution < 1.29 is 9.32 Å². The third-order valence-electron chi connectivity index (χ3n) is 1.24. The molecular formula is C7H9ClN2O2. The van der Waals surface area contributed by atoms with Crippen LogP contribution in [0.4, 0.5) is 5.82 Å². The van der Waals surface area contributed by atoms with Crippen molar-refractivity contribution in [1.29, 1.82) is 0 Å². The number of amides is 1. The lowest BCUT2D eigenvalue weighted by molar-refractivity contribution is -0.115. The molecule has 0 aliphatic heterocycles. The lowest BCUT2D eigenvalue weighted by atomic mass is 10.4. The van der Waals surface area contributed by atoms with Crippen LogP contribution in [0.2, 0.25) is 0 Å². The molecule has 0 saturated heterocycles. The van der Waals surface area contributed by atoms with Crippen LogP contribution in [-0.4, -0.2) is 16.4 Å². The Morgan fingerprint density at radius 2 is 2.50 bits per heavy atom. The van der Waals surface area contributed by atoms with Crippen LogP contribution in [0.5, 0.6) is 0 Å². The first-order chi connectivity index (χ1) is 5.59. The third-order valence-corrected chi connectivity index (χ3v) is 1.44. The van der Waals surface area contributed by atoms with Gasteiger partial charge in [-0.05, 0) is 13.8 Å². The van der Waals surface area contributed by atoms with E-state index < -0.39 is 5.38 Å². The molecule has 0 aliphatic rings. The van der Waals surface area contributed by atoms with Crippen molar-refractivity contribution in [2.24, 2.45) is 0 Å². The van der Waals surface area contributed by atoms with Gasteiger partial charge in [-0.3, -0.25) is 4.79 Å². The normalized spacial score (nSPS) is 12.6. The summed E-state index contributed by atoms with van der Waals surface area (Å²) in [5.74, 6) is 0.752. The number of rotatable bonds is 2. The number of alkyl halides is 1. The summed E-state index contributed by atoms with van der Waals surface area (Å²) in [6.07, 6.45) is 0. The molecule has 5 heteroatoms. The van der Waals surface area contributed by atoms with Gasteiger partial charge in [0.15, 0.2) is 5.82 Å². The highest BCUT2D eigenvalue weighted by atomic mass is 35.5. The second-order valence-electron chi connectivity index (χ2n) is 2.43. The van der Waals surface area contributed by atoms with E-state index in [9.17, 15) is 4.79 Å². The lowest BCUT2D eigenvalue weighted by Crippen LogP contribution is -2.20. The Morgan fingerprint density at radius 3 is 2.92 bits per heavy atom. The van der Waals surface area contributed by atoms with Crippen molar-refractivity contribution in [1.82, 2.24) is 5.16 Å². The molecule has 0 saturated carbocycles. The van der Waals surface area contributed by atoms with Gasteiger partial charge in [0.1, 0.15) is 11.1 Å². The minimum atomic E-state index is -0.568. The number of halogens is 1. The first-order valence-corrected chi connectivity index (χ1v) is 3.91. The van der Waals surface area contributed by atoms with Crippen LogP contribution >= 0.6 is 11.6 Å². The van der Waals surface area contributed by atoms with E-state index in [0.717, 1.165) is 0 Å². The summed E-state index contributed by atoms with van der Waals surface area (Å²) in [6, 6.07) is 1.62. The maximum absolute atomic E-state index is 11.0. The number of aryl methyl sites for hydroxylation is 1. The molecule has 1 aromatic heterocycles. The van der Waals surface area contributed by atoms with E-state index in [1.165, 1.54) is 0 Å². The fourth-order valence-corrected chi connectivity index (χ4v) is 0.706. The third kappa shape index (κ3) is 2.23. The van der Waals surface area contributed by atoms with Crippen molar-refractivity contribution in [2.75, 3.05) is 5.32 Å². The van der Waals surface area contributed by atoms with Gasteiger partial charge in [0.2, 0.25) is 5.91 Å². The summed E-state index contributed by atoms with van der Waals surface area (Å²) in [5, 5.41) is 5.49. The molecule has 0 radical (unpaired) electrons. The van der Waals surface area contributed by atoms with Crippen molar-refractivity contribution in [3.05, 3.63) is 11.8 Å². The van der Waals surface area contributed by atoms with Crippen LogP contribution in [-0.2, 0) is 4.79 Å². The van der Waals surface area contributed by atoms with Crippen molar-refractivity contribution in [2.45, 2.75) is 19.2 Å². The van der Waals surface area contributed by atoms with Crippen molar-refractivity contribution >= 4 is 23.3 Å². The number of nitrogens with zero attached hydrogens (tertiary/aromatic N) is 1. The second kappa shape index (κ2) is 3.58. The Morgan fingerprint density at radius 1 is 1.83 bits per heavy atom. The molecular weight excluding hydrogens is 180 g/mol. The van der Waals surface area contributed by atoms with E-state index in [1.54, 1.807) is 19.9 Å². The Hall–Kier alpha value is -1.03. The maximum atomic E-state index is 11.0. The predicted octanol–water partition coefficient (Wildman–Crippen LogP) is 1.55. The van der Waals surface area contributed by atoms with Crippen LogP contribution < -0.4 is 5.32 Å². The van der Waals surface area contributed by atoms with E-state index >= 15 is 0 Å². The summed E-state index contributed by atoms with van der Waals surface area (Å²) in [5.41, 5.74) is 0. The molecule has 1 heterocycles. The van der Waals surface area contributed by atoms with Crippen molar-refractivity contribution in [3.8, 4) is 0 Å². The molecule has 1 aromatic rings. The largest absolute Gasteiger partial charge is 0.360 e. The minimum Gasteiger partial charge on any atom is -0.360 e. The highest BCUT2D eigenvalue weighted by Crippen LogP contribution is 2.08. The Balaban J connectivity index is 2.58. The SMILES string of the molecule is Cc1cc(NC(=O)C(C)Cl)no1. The smallest absolute Gasteiger partial charge is 0.243 e. The highest BCUT2D eigenvalue weighted by molar-refractivity contribution is 6.32. The van der Waals surface area contributed by atoms with Gasteiger partial charge in [0.05, 0.1) is 0 Å². The number of nitrogens with one attached hydrogen (secondary N) is 1. The average Bonchev–Trinajstić information content (AvgIpc) is 2.35. The van der Waals surface area contributed by atoms with Crippen LogP contribution in [0.1, 0.15) is 12.7 Å². The zero-order valence-electron chi connectivity index (χ0n) is 6.80. The van der Waals surface area contributed by atoms with Gasteiger partial charge >= 0.3 is 0 Å². The van der Waals surface area contributed by atoms with Crippen LogP contribution in [0.15, 0.2) is 10.6 Å². The minimum absolute atomic E-state index is 0.287. The summed E-state index contributed by atoms with van der Waals surface area (Å²) in [6.45, 7) is 3.33. The fraction of sp³-hybridized carbons (Fsp3) is 0.429. The van der Waals surface area contributed by atoms with Gasteiger partial charge in [-0.25, -0.2) is 0 Å². The van der Waals surface area contributed by atoms with Gasteiger partial charge in [-0.2, -0.15) is 0 Å². The topological polar surface area (TPSA) is 55.1 Å². The molecule has 1 rings (SSSR count). The standard InChI is InChI=1S/C7H9ClN2O2/c1-4-3-6(10-12-4)9-7(11)5(2)8/h3,5H,1-2H3,(H,9,10,11). The number of hydrogen-bond donors (Lipinski definition) is 1. The van der Waals surface area contributed by atoms with Crippen molar-refractivity contribution in [3.63, 3.8) is 0 Å². The highest BCUT2D eigenvalue weighted by Gasteiger charge is 2.10. The fourth-order valence-electron chi connectivity index (χ4n) is 0.651. The summed E-state index contributed by atoms with van der Waals surface area (Å²) >= 11 is 5.51. The number of anilines is 1. The molecule has 1 N–H and O–H groups in total. The first kappa shape index (κ1) is 9.06. The van der Waals surface area contributed by atoms with Gasteiger partial charge in [-0.1, -0.05) is 5.16 Å². The molecule has 12 heavy (non-hydrogen) atoms. The summed E-state index contributed by atoms with van der Waals surface area (Å²) in [4.78, 5) is 11.0. The van der Waals surface area contributed by atoms with Crippen LogP contribution in [0.3, 0.4) is 0 Å². The molecule has 0 spiro atoms. The Labute approximate surface area is 74.9 Å². The first-order valence-electron chi connectivity index (χ1n) is 3.48.